The fourth-order valence-corrected chi connectivity index (χ4v) is 2.53. The van der Waals surface area contributed by atoms with Gasteiger partial charge in [-0.05, 0) is 25.1 Å². The fourth-order valence-electron chi connectivity index (χ4n) is 2.53. The third kappa shape index (κ3) is 4.49. The first-order valence-electron chi connectivity index (χ1n) is 7.65. The maximum absolute atomic E-state index is 12.8. The lowest BCUT2D eigenvalue weighted by Crippen LogP contribution is -2.57. The third-order valence-electron chi connectivity index (χ3n) is 3.69. The molecular weight excluding hydrogens is 341 g/mol. The summed E-state index contributed by atoms with van der Waals surface area (Å²) < 4.78 is 43.2. The summed E-state index contributed by atoms with van der Waals surface area (Å²) in [6.45, 7) is 1.97. The average molecular weight is 358 g/mol. The van der Waals surface area contributed by atoms with Crippen molar-refractivity contribution in [3.63, 3.8) is 0 Å². The molecule has 0 aliphatic carbocycles. The van der Waals surface area contributed by atoms with Crippen molar-refractivity contribution in [1.82, 2.24) is 10.2 Å². The number of ether oxygens (including phenoxy) is 1. The van der Waals surface area contributed by atoms with Crippen molar-refractivity contribution in [1.29, 1.82) is 0 Å². The summed E-state index contributed by atoms with van der Waals surface area (Å²) in [7, 11) is 0. The van der Waals surface area contributed by atoms with Crippen LogP contribution in [-0.4, -0.2) is 48.4 Å². The summed E-state index contributed by atoms with van der Waals surface area (Å²) in [6.07, 6.45) is -4.94. The molecular formula is C16H17F3N2O4. The van der Waals surface area contributed by atoms with Gasteiger partial charge in [-0.3, -0.25) is 14.4 Å². The van der Waals surface area contributed by atoms with Crippen LogP contribution in [0.15, 0.2) is 24.3 Å². The van der Waals surface area contributed by atoms with Crippen LogP contribution >= 0.6 is 0 Å². The standard InChI is InChI=1S/C16H17F3N2O4/c1-2-25-13(22)9-12-14(23)20-6-7-21(12)15(24)10-4-3-5-11(8-10)16(17,18)19/h3-5,8,12H,2,6-7,9H2,1H3,(H,20,23)/t12-/m0/s1. The minimum atomic E-state index is -4.58. The normalized spacial score (nSPS) is 17.8. The van der Waals surface area contributed by atoms with Gasteiger partial charge in [0.25, 0.3) is 5.91 Å². The molecule has 9 heteroatoms. The second-order valence-corrected chi connectivity index (χ2v) is 5.39. The molecule has 0 bridgehead atoms. The Hall–Kier alpha value is -2.58. The fraction of sp³-hybridized carbons (Fsp3) is 0.438. The highest BCUT2D eigenvalue weighted by atomic mass is 19.4. The molecule has 1 atom stereocenters. The van der Waals surface area contributed by atoms with Gasteiger partial charge in [0, 0.05) is 18.7 Å². The van der Waals surface area contributed by atoms with Gasteiger partial charge in [-0.25, -0.2) is 0 Å². The molecule has 136 valence electrons. The molecule has 0 unspecified atom stereocenters. The van der Waals surface area contributed by atoms with Crippen molar-refractivity contribution < 1.29 is 32.3 Å². The number of benzene rings is 1. The van der Waals surface area contributed by atoms with E-state index in [-0.39, 0.29) is 31.7 Å². The predicted molar refractivity (Wildman–Crippen MR) is 80.5 cm³/mol. The van der Waals surface area contributed by atoms with Crippen LogP contribution in [0.4, 0.5) is 13.2 Å². The highest BCUT2D eigenvalue weighted by Gasteiger charge is 2.36. The Bertz CT molecular complexity index is 676. The second kappa shape index (κ2) is 7.54. The first kappa shape index (κ1) is 18.8. The van der Waals surface area contributed by atoms with E-state index in [9.17, 15) is 27.6 Å². The van der Waals surface area contributed by atoms with Crippen LogP contribution in [0, 0.1) is 0 Å². The van der Waals surface area contributed by atoms with E-state index in [2.05, 4.69) is 5.32 Å². The molecule has 0 saturated carbocycles. The van der Waals surface area contributed by atoms with Gasteiger partial charge < -0.3 is 15.0 Å². The Morgan fingerprint density at radius 1 is 1.36 bits per heavy atom. The largest absolute Gasteiger partial charge is 0.466 e. The minimum Gasteiger partial charge on any atom is -0.466 e. The van der Waals surface area contributed by atoms with E-state index >= 15 is 0 Å². The van der Waals surface area contributed by atoms with E-state index in [0.717, 1.165) is 23.1 Å². The van der Waals surface area contributed by atoms with Gasteiger partial charge in [0.2, 0.25) is 5.91 Å². The molecule has 0 aromatic heterocycles. The first-order valence-corrected chi connectivity index (χ1v) is 7.65. The molecule has 25 heavy (non-hydrogen) atoms. The van der Waals surface area contributed by atoms with Crippen LogP contribution in [0.25, 0.3) is 0 Å². The summed E-state index contributed by atoms with van der Waals surface area (Å²) in [5.74, 6) is -1.94. The van der Waals surface area contributed by atoms with Crippen LogP contribution in [0.2, 0.25) is 0 Å². The number of esters is 1. The summed E-state index contributed by atoms with van der Waals surface area (Å²) in [5.41, 5.74) is -1.15. The number of nitrogens with zero attached hydrogens (tertiary/aromatic N) is 1. The zero-order valence-corrected chi connectivity index (χ0v) is 13.4. The van der Waals surface area contributed by atoms with Gasteiger partial charge in [-0.2, -0.15) is 13.2 Å². The first-order chi connectivity index (χ1) is 11.7. The molecule has 0 radical (unpaired) electrons. The zero-order chi connectivity index (χ0) is 18.6. The van der Waals surface area contributed by atoms with E-state index in [1.165, 1.54) is 6.07 Å². The zero-order valence-electron chi connectivity index (χ0n) is 13.4. The Kier molecular flexibility index (Phi) is 5.66. The minimum absolute atomic E-state index is 0.0882. The highest BCUT2D eigenvalue weighted by Crippen LogP contribution is 2.30. The number of hydrogen-bond donors (Lipinski definition) is 1. The van der Waals surface area contributed by atoms with Crippen molar-refractivity contribution in [2.45, 2.75) is 25.6 Å². The van der Waals surface area contributed by atoms with E-state index in [4.69, 9.17) is 4.74 Å². The molecule has 1 heterocycles. The Labute approximate surface area is 141 Å². The van der Waals surface area contributed by atoms with Crippen molar-refractivity contribution in [2.24, 2.45) is 0 Å². The Morgan fingerprint density at radius 2 is 2.08 bits per heavy atom. The van der Waals surface area contributed by atoms with Gasteiger partial charge in [0.05, 0.1) is 18.6 Å². The molecule has 6 nitrogen and oxygen atoms in total. The summed E-state index contributed by atoms with van der Waals surface area (Å²) in [6, 6.07) is 2.84. The maximum Gasteiger partial charge on any atom is 0.416 e. The number of carbonyl (C=O) groups is 3. The summed E-state index contributed by atoms with van der Waals surface area (Å²) in [5, 5.41) is 2.53. The lowest BCUT2D eigenvalue weighted by molar-refractivity contribution is -0.147. The molecule has 1 aliphatic heterocycles. The molecule has 1 aromatic rings. The topological polar surface area (TPSA) is 75.7 Å². The van der Waals surface area contributed by atoms with E-state index < -0.39 is 35.6 Å². The number of carbonyl (C=O) groups excluding carboxylic acids is 3. The highest BCUT2D eigenvalue weighted by molar-refractivity contribution is 5.99. The van der Waals surface area contributed by atoms with Gasteiger partial charge in [0.15, 0.2) is 0 Å². The molecule has 1 fully saturated rings. The van der Waals surface area contributed by atoms with Crippen molar-refractivity contribution >= 4 is 17.8 Å². The lowest BCUT2D eigenvalue weighted by Gasteiger charge is -2.34. The van der Waals surface area contributed by atoms with Crippen LogP contribution in [0.5, 0.6) is 0 Å². The van der Waals surface area contributed by atoms with Crippen LogP contribution in [-0.2, 0) is 20.5 Å². The number of amides is 2. The van der Waals surface area contributed by atoms with Crippen molar-refractivity contribution in [3.8, 4) is 0 Å². The number of alkyl halides is 3. The predicted octanol–water partition coefficient (Wildman–Crippen LogP) is 1.60. The Balaban J connectivity index is 2.25. The van der Waals surface area contributed by atoms with Crippen LogP contribution < -0.4 is 5.32 Å². The van der Waals surface area contributed by atoms with E-state index in [0.29, 0.717) is 0 Å². The third-order valence-corrected chi connectivity index (χ3v) is 3.69. The molecule has 1 saturated heterocycles. The number of nitrogens with one attached hydrogen (secondary N) is 1. The number of halogens is 3. The molecule has 1 aromatic carbocycles. The van der Waals surface area contributed by atoms with Crippen LogP contribution in [0.3, 0.4) is 0 Å². The van der Waals surface area contributed by atoms with Gasteiger partial charge in [0.1, 0.15) is 6.04 Å². The monoisotopic (exact) mass is 358 g/mol. The summed E-state index contributed by atoms with van der Waals surface area (Å²) in [4.78, 5) is 37.4. The molecule has 2 rings (SSSR count). The molecule has 1 aliphatic rings. The number of rotatable bonds is 4. The van der Waals surface area contributed by atoms with Gasteiger partial charge >= 0.3 is 12.1 Å². The maximum atomic E-state index is 12.8. The quantitative estimate of drug-likeness (QED) is 0.830. The Morgan fingerprint density at radius 3 is 2.72 bits per heavy atom. The molecule has 2 amide bonds. The molecule has 1 N–H and O–H groups in total. The SMILES string of the molecule is CCOC(=O)C[C@H]1C(=O)NCCN1C(=O)c1cccc(C(F)(F)F)c1. The second-order valence-electron chi connectivity index (χ2n) is 5.39. The number of piperazine rings is 1. The molecule has 0 spiro atoms. The van der Waals surface area contributed by atoms with Crippen LogP contribution in [0.1, 0.15) is 29.3 Å². The average Bonchev–Trinajstić information content (AvgIpc) is 2.55. The van der Waals surface area contributed by atoms with Crippen molar-refractivity contribution in [3.05, 3.63) is 35.4 Å². The van der Waals surface area contributed by atoms with Gasteiger partial charge in [-0.15, -0.1) is 0 Å². The number of hydrogen-bond acceptors (Lipinski definition) is 4. The van der Waals surface area contributed by atoms with E-state index in [1.807, 2.05) is 0 Å². The lowest BCUT2D eigenvalue weighted by atomic mass is 10.0. The van der Waals surface area contributed by atoms with Crippen molar-refractivity contribution in [2.75, 3.05) is 19.7 Å². The van der Waals surface area contributed by atoms with Gasteiger partial charge in [-0.1, -0.05) is 6.07 Å². The summed E-state index contributed by atoms with van der Waals surface area (Å²) >= 11 is 0. The van der Waals surface area contributed by atoms with E-state index in [1.54, 1.807) is 6.92 Å². The smallest absolute Gasteiger partial charge is 0.416 e.